The van der Waals surface area contributed by atoms with Gasteiger partial charge in [0.05, 0.1) is 18.3 Å². The molecule has 0 aliphatic carbocycles. The van der Waals surface area contributed by atoms with Crippen LogP contribution in [0.5, 0.6) is 0 Å². The van der Waals surface area contributed by atoms with Crippen molar-refractivity contribution in [2.24, 2.45) is 0 Å². The van der Waals surface area contributed by atoms with Gasteiger partial charge in [0.2, 0.25) is 6.10 Å². The number of rotatable bonds is 5. The average Bonchev–Trinajstić information content (AvgIpc) is 3.24. The van der Waals surface area contributed by atoms with Crippen LogP contribution in [0.1, 0.15) is 16.5 Å². The maximum atomic E-state index is 13.3. The van der Waals surface area contributed by atoms with Gasteiger partial charge in [-0.3, -0.25) is 4.79 Å². The Balaban J connectivity index is 1.79. The second-order valence-corrected chi connectivity index (χ2v) is 6.25. The molecule has 0 spiro atoms. The molecule has 1 unspecified atom stereocenters. The average molecular weight is 366 g/mol. The minimum absolute atomic E-state index is 0.197. The largest absolute Gasteiger partial charge is 0.447 e. The summed E-state index contributed by atoms with van der Waals surface area (Å²) in [4.78, 5) is 12.5. The minimum atomic E-state index is -4.73. The summed E-state index contributed by atoms with van der Waals surface area (Å²) in [6, 6.07) is 12.1. The van der Waals surface area contributed by atoms with E-state index in [2.05, 4.69) is 5.10 Å². The van der Waals surface area contributed by atoms with Gasteiger partial charge in [0.1, 0.15) is 0 Å². The molecule has 0 bridgehead atoms. The van der Waals surface area contributed by atoms with E-state index in [1.165, 1.54) is 22.2 Å². The van der Waals surface area contributed by atoms with Crippen LogP contribution in [0.2, 0.25) is 0 Å². The summed E-state index contributed by atoms with van der Waals surface area (Å²) in [5.41, 5.74) is 0.385. The highest BCUT2D eigenvalue weighted by atomic mass is 32.1. The maximum absolute atomic E-state index is 13.3. The molecule has 8 heteroatoms. The van der Waals surface area contributed by atoms with Crippen molar-refractivity contribution in [1.29, 1.82) is 0 Å². The number of thiophene rings is 1. The summed E-state index contributed by atoms with van der Waals surface area (Å²) >= 11 is 1.28. The number of carbonyl (C=O) groups excluding carboxylic acids is 1. The Kier molecular flexibility index (Phi) is 4.89. The van der Waals surface area contributed by atoms with Crippen LogP contribution in [-0.4, -0.2) is 21.9 Å². The normalized spacial score (nSPS) is 12.8. The van der Waals surface area contributed by atoms with Crippen molar-refractivity contribution in [3.8, 4) is 5.69 Å². The fourth-order valence-corrected chi connectivity index (χ4v) is 2.94. The SMILES string of the molecule is O=C(Cc1cccs1)OC(c1cnn(-c2ccccc2)c1)C(F)(F)F. The van der Waals surface area contributed by atoms with E-state index in [4.69, 9.17) is 4.74 Å². The van der Waals surface area contributed by atoms with Gasteiger partial charge in [0.15, 0.2) is 0 Å². The van der Waals surface area contributed by atoms with E-state index in [0.717, 1.165) is 6.20 Å². The van der Waals surface area contributed by atoms with Crippen molar-refractivity contribution >= 4 is 17.3 Å². The molecule has 4 nitrogen and oxygen atoms in total. The third-order valence-corrected chi connectivity index (χ3v) is 4.25. The Labute approximate surface area is 145 Å². The molecule has 0 saturated heterocycles. The monoisotopic (exact) mass is 366 g/mol. The molecule has 0 fully saturated rings. The molecule has 0 amide bonds. The summed E-state index contributed by atoms with van der Waals surface area (Å²) in [7, 11) is 0. The maximum Gasteiger partial charge on any atom is 0.429 e. The van der Waals surface area contributed by atoms with E-state index in [1.807, 2.05) is 0 Å². The van der Waals surface area contributed by atoms with E-state index in [0.29, 0.717) is 10.6 Å². The van der Waals surface area contributed by atoms with E-state index < -0.39 is 18.2 Å². The molecular weight excluding hydrogens is 353 g/mol. The molecule has 1 atom stereocenters. The smallest absolute Gasteiger partial charge is 0.429 e. The summed E-state index contributed by atoms with van der Waals surface area (Å²) in [5.74, 6) is -0.933. The Hall–Kier alpha value is -2.61. The number of benzene rings is 1. The van der Waals surface area contributed by atoms with Crippen LogP contribution < -0.4 is 0 Å². The van der Waals surface area contributed by atoms with Crippen molar-refractivity contribution in [3.05, 3.63) is 70.7 Å². The molecular formula is C17H13F3N2O2S. The Morgan fingerprint density at radius 1 is 1.20 bits per heavy atom. The van der Waals surface area contributed by atoms with Crippen LogP contribution >= 0.6 is 11.3 Å². The van der Waals surface area contributed by atoms with Crippen molar-refractivity contribution in [1.82, 2.24) is 9.78 Å². The molecule has 2 aromatic heterocycles. The third kappa shape index (κ3) is 4.27. The number of carbonyl (C=O) groups is 1. The molecule has 2 heterocycles. The second-order valence-electron chi connectivity index (χ2n) is 5.22. The minimum Gasteiger partial charge on any atom is -0.447 e. The summed E-state index contributed by atoms with van der Waals surface area (Å²) in [6.07, 6.45) is -5.00. The van der Waals surface area contributed by atoms with Crippen LogP contribution in [0.4, 0.5) is 13.2 Å². The number of aromatic nitrogens is 2. The second kappa shape index (κ2) is 7.10. The van der Waals surface area contributed by atoms with Crippen molar-refractivity contribution in [2.75, 3.05) is 0 Å². The van der Waals surface area contributed by atoms with Gasteiger partial charge < -0.3 is 4.74 Å². The van der Waals surface area contributed by atoms with Crippen LogP contribution in [0, 0.1) is 0 Å². The highest BCUT2D eigenvalue weighted by Crippen LogP contribution is 2.36. The predicted molar refractivity (Wildman–Crippen MR) is 86.5 cm³/mol. The van der Waals surface area contributed by atoms with Crippen molar-refractivity contribution in [2.45, 2.75) is 18.7 Å². The molecule has 25 heavy (non-hydrogen) atoms. The Bertz CT molecular complexity index is 829. The van der Waals surface area contributed by atoms with Gasteiger partial charge in [-0.25, -0.2) is 4.68 Å². The Morgan fingerprint density at radius 3 is 2.60 bits per heavy atom. The van der Waals surface area contributed by atoms with Gasteiger partial charge in [0, 0.05) is 16.6 Å². The lowest BCUT2D eigenvalue weighted by Gasteiger charge is -2.19. The predicted octanol–water partition coefficient (Wildman–Crippen LogP) is 4.32. The number of ether oxygens (including phenoxy) is 1. The lowest BCUT2D eigenvalue weighted by Crippen LogP contribution is -2.26. The number of para-hydroxylation sites is 1. The lowest BCUT2D eigenvalue weighted by molar-refractivity contribution is -0.223. The Morgan fingerprint density at radius 2 is 1.96 bits per heavy atom. The van der Waals surface area contributed by atoms with E-state index >= 15 is 0 Å². The van der Waals surface area contributed by atoms with Crippen LogP contribution in [0.3, 0.4) is 0 Å². The first-order valence-electron chi connectivity index (χ1n) is 7.32. The highest BCUT2D eigenvalue weighted by Gasteiger charge is 2.45. The topological polar surface area (TPSA) is 44.1 Å². The van der Waals surface area contributed by atoms with Crippen molar-refractivity contribution in [3.63, 3.8) is 0 Å². The first-order valence-corrected chi connectivity index (χ1v) is 8.20. The summed E-state index contributed by atoms with van der Waals surface area (Å²) in [5, 5.41) is 5.68. The molecule has 3 rings (SSSR count). The number of alkyl halides is 3. The molecule has 3 aromatic rings. The molecule has 130 valence electrons. The van der Waals surface area contributed by atoms with Gasteiger partial charge in [-0.15, -0.1) is 11.3 Å². The first kappa shape index (κ1) is 17.2. The zero-order valence-electron chi connectivity index (χ0n) is 12.8. The summed E-state index contributed by atoms with van der Waals surface area (Å²) < 4.78 is 46.1. The van der Waals surface area contributed by atoms with E-state index in [-0.39, 0.29) is 12.0 Å². The molecule has 0 N–H and O–H groups in total. The number of hydrogen-bond acceptors (Lipinski definition) is 4. The van der Waals surface area contributed by atoms with Crippen LogP contribution in [0.15, 0.2) is 60.2 Å². The first-order chi connectivity index (χ1) is 11.9. The highest BCUT2D eigenvalue weighted by molar-refractivity contribution is 7.10. The summed E-state index contributed by atoms with van der Waals surface area (Å²) in [6.45, 7) is 0. The van der Waals surface area contributed by atoms with E-state index in [9.17, 15) is 18.0 Å². The zero-order chi connectivity index (χ0) is 17.9. The van der Waals surface area contributed by atoms with Crippen LogP contribution in [0.25, 0.3) is 5.69 Å². The quantitative estimate of drug-likeness (QED) is 0.632. The standard InChI is InChI=1S/C17H13F3N2O2S/c18-17(19,20)16(24-15(23)9-14-7-4-8-25-14)12-10-21-22(11-12)13-5-2-1-3-6-13/h1-8,10-11,16H,9H2. The number of nitrogens with zero attached hydrogens (tertiary/aromatic N) is 2. The lowest BCUT2D eigenvalue weighted by atomic mass is 10.2. The molecule has 0 saturated carbocycles. The molecule has 0 aliphatic rings. The van der Waals surface area contributed by atoms with Gasteiger partial charge >= 0.3 is 12.1 Å². The third-order valence-electron chi connectivity index (χ3n) is 3.37. The zero-order valence-corrected chi connectivity index (χ0v) is 13.6. The molecule has 1 aromatic carbocycles. The van der Waals surface area contributed by atoms with Gasteiger partial charge in [0.25, 0.3) is 0 Å². The number of halogens is 3. The van der Waals surface area contributed by atoms with Crippen molar-refractivity contribution < 1.29 is 22.7 Å². The van der Waals surface area contributed by atoms with Gasteiger partial charge in [-0.2, -0.15) is 18.3 Å². The fourth-order valence-electron chi connectivity index (χ4n) is 2.25. The van der Waals surface area contributed by atoms with Gasteiger partial charge in [-0.05, 0) is 23.6 Å². The fraction of sp³-hybridized carbons (Fsp3) is 0.176. The molecule has 0 radical (unpaired) electrons. The van der Waals surface area contributed by atoms with Crippen LogP contribution in [-0.2, 0) is 16.0 Å². The molecule has 0 aliphatic heterocycles. The number of esters is 1. The van der Waals surface area contributed by atoms with E-state index in [1.54, 1.807) is 47.8 Å². The number of hydrogen-bond donors (Lipinski definition) is 0. The van der Waals surface area contributed by atoms with Gasteiger partial charge in [-0.1, -0.05) is 24.3 Å².